The van der Waals surface area contributed by atoms with Gasteiger partial charge in [0, 0.05) is 24.7 Å². The van der Waals surface area contributed by atoms with E-state index in [0.29, 0.717) is 24.7 Å². The van der Waals surface area contributed by atoms with Crippen molar-refractivity contribution in [2.75, 3.05) is 26.3 Å². The highest BCUT2D eigenvalue weighted by Gasteiger charge is 2.59. The van der Waals surface area contributed by atoms with Crippen molar-refractivity contribution in [1.82, 2.24) is 9.62 Å². The minimum absolute atomic E-state index is 0.00407. The summed E-state index contributed by atoms with van der Waals surface area (Å²) in [6.45, 7) is 8.20. The number of morpholine rings is 1. The zero-order valence-corrected chi connectivity index (χ0v) is 22.1. The molecule has 3 atom stereocenters. The Morgan fingerprint density at radius 1 is 1.11 bits per heavy atom. The highest BCUT2D eigenvalue weighted by Crippen LogP contribution is 2.62. The molecule has 2 aromatic carbocycles. The number of hydrogen-bond donors (Lipinski definition) is 1. The van der Waals surface area contributed by atoms with Crippen LogP contribution < -0.4 is 10.1 Å². The molecule has 1 aliphatic heterocycles. The van der Waals surface area contributed by atoms with Crippen LogP contribution in [0.2, 0.25) is 0 Å². The van der Waals surface area contributed by atoms with Crippen LogP contribution >= 0.6 is 0 Å². The van der Waals surface area contributed by atoms with Crippen molar-refractivity contribution in [3.05, 3.63) is 59.7 Å². The van der Waals surface area contributed by atoms with E-state index in [9.17, 15) is 13.2 Å². The highest BCUT2D eigenvalue weighted by atomic mass is 32.2. The van der Waals surface area contributed by atoms with Crippen LogP contribution in [0.3, 0.4) is 0 Å². The van der Waals surface area contributed by atoms with Crippen molar-refractivity contribution in [2.45, 2.75) is 57.6 Å². The van der Waals surface area contributed by atoms with Gasteiger partial charge in [-0.05, 0) is 59.8 Å². The first-order valence-electron chi connectivity index (χ1n) is 12.8. The Bertz CT molecular complexity index is 1220. The summed E-state index contributed by atoms with van der Waals surface area (Å²) in [7, 11) is -3.88. The Labute approximate surface area is 214 Å². The fraction of sp³-hybridized carbons (Fsp3) is 0.536. The van der Waals surface area contributed by atoms with Gasteiger partial charge in [-0.25, -0.2) is 8.42 Å². The van der Waals surface area contributed by atoms with Crippen molar-refractivity contribution >= 4 is 15.9 Å². The molecule has 7 nitrogen and oxygen atoms in total. The van der Waals surface area contributed by atoms with E-state index in [1.807, 2.05) is 30.3 Å². The maximum Gasteiger partial charge on any atom is 0.251 e. The first-order chi connectivity index (χ1) is 17.1. The molecule has 194 valence electrons. The second kappa shape index (κ2) is 9.47. The molecule has 1 N–H and O–H groups in total. The van der Waals surface area contributed by atoms with Gasteiger partial charge in [-0.3, -0.25) is 4.79 Å². The number of amides is 1. The molecule has 2 saturated carbocycles. The summed E-state index contributed by atoms with van der Waals surface area (Å²) in [5.41, 5.74) is 1.34. The van der Waals surface area contributed by atoms with Crippen LogP contribution in [-0.2, 0) is 21.4 Å². The summed E-state index contributed by atoms with van der Waals surface area (Å²) >= 11 is 0. The first kappa shape index (κ1) is 25.2. The third-order valence-electron chi connectivity index (χ3n) is 8.58. The summed E-state index contributed by atoms with van der Waals surface area (Å²) in [5.74, 6) is 0.600. The number of nitrogens with zero attached hydrogens (tertiary/aromatic N) is 1. The lowest BCUT2D eigenvalue weighted by atomic mass is 9.68. The van der Waals surface area contributed by atoms with Gasteiger partial charge in [-0.15, -0.1) is 0 Å². The fourth-order valence-corrected chi connectivity index (χ4v) is 8.07. The Morgan fingerprint density at radius 2 is 1.83 bits per heavy atom. The number of sulfonamides is 1. The van der Waals surface area contributed by atoms with E-state index < -0.39 is 10.0 Å². The number of ether oxygens (including phenoxy) is 2. The average Bonchev–Trinajstić information content (AvgIpc) is 3.37. The van der Waals surface area contributed by atoms with Crippen LogP contribution in [-0.4, -0.2) is 51.0 Å². The second-order valence-corrected chi connectivity index (χ2v) is 13.2. The SMILES string of the molecule is CC12CCC(C1)C(C)(C)C2NC(=O)c1ccc(OCc2ccccc2)c(S(=O)(=O)N2CCOCC2)c1. The molecule has 8 heteroatoms. The Hall–Kier alpha value is -2.42. The first-order valence-corrected chi connectivity index (χ1v) is 14.2. The molecule has 0 spiro atoms. The molecule has 1 heterocycles. The standard InChI is InChI=1S/C28H36N2O5S/c1-27(2)22-11-12-28(3,18-22)26(27)29-25(31)21-9-10-23(35-19-20-7-5-4-6-8-20)24(17-21)36(32,33)30-13-15-34-16-14-30/h4-10,17,22,26H,11-16,18-19H2,1-3H3,(H,29,31). The third-order valence-corrected chi connectivity index (χ3v) is 10.5. The van der Waals surface area contributed by atoms with Gasteiger partial charge in [0.15, 0.2) is 0 Å². The van der Waals surface area contributed by atoms with E-state index in [1.165, 1.54) is 16.8 Å². The van der Waals surface area contributed by atoms with Crippen molar-refractivity contribution in [2.24, 2.45) is 16.7 Å². The molecule has 2 aromatic rings. The quantitative estimate of drug-likeness (QED) is 0.600. The molecule has 3 fully saturated rings. The topological polar surface area (TPSA) is 84.9 Å². The van der Waals surface area contributed by atoms with Crippen LogP contribution in [0.1, 0.15) is 56.0 Å². The number of carbonyl (C=O) groups excluding carboxylic acids is 1. The average molecular weight is 513 g/mol. The van der Waals surface area contributed by atoms with Gasteiger partial charge in [0.1, 0.15) is 17.3 Å². The predicted molar refractivity (Wildman–Crippen MR) is 137 cm³/mol. The van der Waals surface area contributed by atoms with Gasteiger partial charge in [-0.2, -0.15) is 4.31 Å². The summed E-state index contributed by atoms with van der Waals surface area (Å²) in [6.07, 6.45) is 3.42. The zero-order valence-electron chi connectivity index (χ0n) is 21.3. The fourth-order valence-electron chi connectivity index (χ4n) is 6.51. The van der Waals surface area contributed by atoms with Crippen LogP contribution in [0.25, 0.3) is 0 Å². The monoisotopic (exact) mass is 512 g/mol. The van der Waals surface area contributed by atoms with Gasteiger partial charge in [0.25, 0.3) is 5.91 Å². The van der Waals surface area contributed by atoms with Crippen LogP contribution in [0, 0.1) is 16.7 Å². The Kier molecular flexibility index (Phi) is 6.64. The molecule has 1 amide bonds. The summed E-state index contributed by atoms with van der Waals surface area (Å²) in [5, 5.41) is 3.28. The molecular weight excluding hydrogens is 476 g/mol. The summed E-state index contributed by atoms with van der Waals surface area (Å²) < 4.78 is 40.1. The van der Waals surface area contributed by atoms with E-state index in [-0.39, 0.29) is 53.1 Å². The minimum atomic E-state index is -3.88. The largest absolute Gasteiger partial charge is 0.487 e. The molecule has 2 aliphatic carbocycles. The number of rotatable bonds is 7. The van der Waals surface area contributed by atoms with Crippen molar-refractivity contribution in [1.29, 1.82) is 0 Å². The number of nitrogens with one attached hydrogen (secondary N) is 1. The van der Waals surface area contributed by atoms with E-state index in [4.69, 9.17) is 9.47 Å². The van der Waals surface area contributed by atoms with Crippen LogP contribution in [0.15, 0.2) is 53.4 Å². The number of carbonyl (C=O) groups is 1. The van der Waals surface area contributed by atoms with Crippen molar-refractivity contribution in [3.63, 3.8) is 0 Å². The minimum Gasteiger partial charge on any atom is -0.487 e. The lowest BCUT2D eigenvalue weighted by Gasteiger charge is -2.43. The van der Waals surface area contributed by atoms with Gasteiger partial charge in [-0.1, -0.05) is 51.1 Å². The van der Waals surface area contributed by atoms with Gasteiger partial charge in [0.2, 0.25) is 10.0 Å². The van der Waals surface area contributed by atoms with Gasteiger partial charge >= 0.3 is 0 Å². The zero-order chi connectivity index (χ0) is 25.6. The lowest BCUT2D eigenvalue weighted by molar-refractivity contribution is 0.0727. The maximum absolute atomic E-state index is 13.7. The number of benzene rings is 2. The molecule has 0 aromatic heterocycles. The molecule has 3 unspecified atom stereocenters. The summed E-state index contributed by atoms with van der Waals surface area (Å²) in [4.78, 5) is 13.5. The molecule has 0 radical (unpaired) electrons. The molecule has 2 bridgehead atoms. The Balaban J connectivity index is 1.44. The number of hydrogen-bond acceptors (Lipinski definition) is 5. The lowest BCUT2D eigenvalue weighted by Crippen LogP contribution is -2.52. The Morgan fingerprint density at radius 3 is 2.50 bits per heavy atom. The van der Waals surface area contributed by atoms with Crippen molar-refractivity contribution < 1.29 is 22.7 Å². The normalized spacial score (nSPS) is 27.6. The van der Waals surface area contributed by atoms with Crippen molar-refractivity contribution in [3.8, 4) is 5.75 Å². The molecule has 3 aliphatic rings. The highest BCUT2D eigenvalue weighted by molar-refractivity contribution is 7.89. The smallest absolute Gasteiger partial charge is 0.251 e. The molecule has 5 rings (SSSR count). The number of fused-ring (bicyclic) bond motifs is 2. The van der Waals surface area contributed by atoms with Crippen LogP contribution in [0.5, 0.6) is 5.75 Å². The van der Waals surface area contributed by atoms with Gasteiger partial charge < -0.3 is 14.8 Å². The molecule has 36 heavy (non-hydrogen) atoms. The van der Waals surface area contributed by atoms with Crippen LogP contribution in [0.4, 0.5) is 0 Å². The van der Waals surface area contributed by atoms with E-state index >= 15 is 0 Å². The second-order valence-electron chi connectivity index (χ2n) is 11.3. The predicted octanol–water partition coefficient (Wildman–Crippen LogP) is 4.23. The van der Waals surface area contributed by atoms with Gasteiger partial charge in [0.05, 0.1) is 13.2 Å². The molecular formula is C28H36N2O5S. The summed E-state index contributed by atoms with van der Waals surface area (Å²) in [6, 6.07) is 14.4. The van der Waals surface area contributed by atoms with E-state index in [1.54, 1.807) is 12.1 Å². The third kappa shape index (κ3) is 4.55. The molecule has 1 saturated heterocycles. The van der Waals surface area contributed by atoms with E-state index in [0.717, 1.165) is 18.4 Å². The maximum atomic E-state index is 13.7. The van der Waals surface area contributed by atoms with E-state index in [2.05, 4.69) is 26.1 Å².